The van der Waals surface area contributed by atoms with Gasteiger partial charge in [-0.2, -0.15) is 0 Å². The van der Waals surface area contributed by atoms with Crippen LogP contribution >= 0.6 is 0 Å². The summed E-state index contributed by atoms with van der Waals surface area (Å²) in [6.07, 6.45) is 4.05. The van der Waals surface area contributed by atoms with Gasteiger partial charge >= 0.3 is 0 Å². The van der Waals surface area contributed by atoms with Crippen molar-refractivity contribution in [3.05, 3.63) is 77.1 Å². The van der Waals surface area contributed by atoms with Gasteiger partial charge in [0.1, 0.15) is 5.82 Å². The molecule has 2 aliphatic heterocycles. The minimum Gasteiger partial charge on any atom is -0.394 e. The van der Waals surface area contributed by atoms with Gasteiger partial charge in [-0.1, -0.05) is 48.6 Å². The number of benzene rings is 2. The number of piperazine rings is 1. The molecule has 2 heterocycles. The Morgan fingerprint density at radius 1 is 1.14 bits per heavy atom. The van der Waals surface area contributed by atoms with Crippen LogP contribution in [0.25, 0.3) is 6.08 Å². The lowest BCUT2D eigenvalue weighted by Crippen LogP contribution is -2.72. The molecule has 4 rings (SSSR count). The van der Waals surface area contributed by atoms with Gasteiger partial charge in [-0.3, -0.25) is 9.69 Å². The summed E-state index contributed by atoms with van der Waals surface area (Å²) in [4.78, 5) is 16.7. The van der Waals surface area contributed by atoms with Crippen molar-refractivity contribution in [3.8, 4) is 0 Å². The van der Waals surface area contributed by atoms with Crippen LogP contribution in [0.2, 0.25) is 0 Å². The van der Waals surface area contributed by atoms with Gasteiger partial charge in [-0.05, 0) is 35.7 Å². The number of carbonyl (C=O) groups excluding carboxylic acids is 1. The normalized spacial score (nSPS) is 25.0. The first-order valence-corrected chi connectivity index (χ1v) is 9.72. The Kier molecular flexibility index (Phi) is 5.29. The average Bonchev–Trinajstić information content (AvgIpc) is 2.67. The zero-order valence-corrected chi connectivity index (χ0v) is 16.0. The van der Waals surface area contributed by atoms with Gasteiger partial charge in [0.25, 0.3) is 0 Å². The average molecular weight is 380 g/mol. The summed E-state index contributed by atoms with van der Waals surface area (Å²) in [7, 11) is 0. The Balaban J connectivity index is 1.52. The number of hydrogen-bond donors (Lipinski definition) is 1. The van der Waals surface area contributed by atoms with E-state index in [-0.39, 0.29) is 36.3 Å². The molecule has 0 unspecified atom stereocenters. The summed E-state index contributed by atoms with van der Waals surface area (Å²) in [6, 6.07) is 14.7. The van der Waals surface area contributed by atoms with Gasteiger partial charge in [0.2, 0.25) is 5.91 Å². The third-order valence-electron chi connectivity index (χ3n) is 5.82. The molecule has 2 saturated heterocycles. The molecule has 4 nitrogen and oxygen atoms in total. The fourth-order valence-corrected chi connectivity index (χ4v) is 4.56. The molecule has 0 spiro atoms. The van der Waals surface area contributed by atoms with Crippen LogP contribution in [0.4, 0.5) is 4.39 Å². The van der Waals surface area contributed by atoms with Gasteiger partial charge in [0.15, 0.2) is 0 Å². The van der Waals surface area contributed by atoms with Crippen molar-refractivity contribution >= 4 is 12.0 Å². The predicted octanol–water partition coefficient (Wildman–Crippen LogP) is 3.03. The van der Waals surface area contributed by atoms with E-state index in [9.17, 15) is 14.3 Å². The lowest BCUT2D eigenvalue weighted by Gasteiger charge is -2.59. The van der Waals surface area contributed by atoms with E-state index in [1.807, 2.05) is 17.9 Å². The quantitative estimate of drug-likeness (QED) is 0.867. The minimum absolute atomic E-state index is 0.0263. The van der Waals surface area contributed by atoms with Gasteiger partial charge in [-0.15, -0.1) is 0 Å². The van der Waals surface area contributed by atoms with Crippen molar-refractivity contribution in [2.45, 2.75) is 31.5 Å². The van der Waals surface area contributed by atoms with Gasteiger partial charge in [-0.25, -0.2) is 4.39 Å². The molecule has 28 heavy (non-hydrogen) atoms. The zero-order valence-electron chi connectivity index (χ0n) is 16.0. The second-order valence-electron chi connectivity index (χ2n) is 7.61. The number of allylic oxidation sites excluding steroid dienone is 1. The minimum atomic E-state index is -0.254. The smallest absolute Gasteiger partial charge is 0.237 e. The fourth-order valence-electron chi connectivity index (χ4n) is 4.56. The lowest BCUT2D eigenvalue weighted by molar-refractivity contribution is -0.162. The SMILES string of the molecule is C/C=C/c1ccc([C@@H]2[C@H]3CN(Cc4ccc(F)cc4)CC(=O)N3[C@H]2CO)cc1. The molecule has 0 aromatic heterocycles. The highest BCUT2D eigenvalue weighted by Crippen LogP contribution is 2.43. The zero-order chi connectivity index (χ0) is 19.7. The highest BCUT2D eigenvalue weighted by molar-refractivity contribution is 5.81. The largest absolute Gasteiger partial charge is 0.394 e. The van der Waals surface area contributed by atoms with E-state index < -0.39 is 0 Å². The Morgan fingerprint density at radius 2 is 1.86 bits per heavy atom. The van der Waals surface area contributed by atoms with Crippen molar-refractivity contribution in [1.29, 1.82) is 0 Å². The number of carbonyl (C=O) groups is 1. The van der Waals surface area contributed by atoms with Crippen LogP contribution in [0.15, 0.2) is 54.6 Å². The van der Waals surface area contributed by atoms with Gasteiger partial charge in [0.05, 0.1) is 25.2 Å². The van der Waals surface area contributed by atoms with Crippen molar-refractivity contribution in [2.75, 3.05) is 19.7 Å². The molecule has 5 heteroatoms. The Labute approximate surface area is 164 Å². The molecule has 0 bridgehead atoms. The number of rotatable bonds is 5. The Hall–Kier alpha value is -2.50. The van der Waals surface area contributed by atoms with Crippen molar-refractivity contribution < 1.29 is 14.3 Å². The summed E-state index contributed by atoms with van der Waals surface area (Å²) in [5.74, 6) is -0.0697. The summed E-state index contributed by atoms with van der Waals surface area (Å²) in [5.41, 5.74) is 3.29. The van der Waals surface area contributed by atoms with Gasteiger partial charge < -0.3 is 10.0 Å². The van der Waals surface area contributed by atoms with E-state index in [0.717, 1.165) is 23.2 Å². The van der Waals surface area contributed by atoms with Crippen LogP contribution in [0.1, 0.15) is 29.5 Å². The number of amides is 1. The van der Waals surface area contributed by atoms with Crippen LogP contribution in [-0.2, 0) is 11.3 Å². The van der Waals surface area contributed by atoms with Crippen molar-refractivity contribution in [2.24, 2.45) is 0 Å². The third-order valence-corrected chi connectivity index (χ3v) is 5.82. The summed E-state index contributed by atoms with van der Waals surface area (Å²) in [6.45, 7) is 3.66. The Morgan fingerprint density at radius 3 is 2.50 bits per heavy atom. The predicted molar refractivity (Wildman–Crippen MR) is 107 cm³/mol. The number of aliphatic hydroxyl groups is 1. The number of hydrogen-bond acceptors (Lipinski definition) is 3. The van der Waals surface area contributed by atoms with Crippen LogP contribution in [-0.4, -0.2) is 52.6 Å². The van der Waals surface area contributed by atoms with Crippen LogP contribution in [0.3, 0.4) is 0 Å². The maximum absolute atomic E-state index is 13.1. The number of fused-ring (bicyclic) bond motifs is 1. The van der Waals surface area contributed by atoms with Crippen LogP contribution < -0.4 is 0 Å². The number of nitrogens with zero attached hydrogens (tertiary/aromatic N) is 2. The highest BCUT2D eigenvalue weighted by atomic mass is 19.1. The first kappa shape index (κ1) is 18.8. The molecule has 146 valence electrons. The molecule has 0 radical (unpaired) electrons. The summed E-state index contributed by atoms with van der Waals surface area (Å²) in [5, 5.41) is 9.89. The molecular formula is C23H25FN2O2. The van der Waals surface area contributed by atoms with Crippen molar-refractivity contribution in [1.82, 2.24) is 9.80 Å². The molecule has 3 atom stereocenters. The molecule has 2 fully saturated rings. The monoisotopic (exact) mass is 380 g/mol. The van der Waals surface area contributed by atoms with E-state index >= 15 is 0 Å². The third kappa shape index (κ3) is 3.48. The molecule has 2 aromatic rings. The molecule has 2 aliphatic rings. The molecule has 1 N–H and O–H groups in total. The molecule has 0 saturated carbocycles. The maximum Gasteiger partial charge on any atom is 0.237 e. The molecule has 0 aliphatic carbocycles. The fraction of sp³-hybridized carbons (Fsp3) is 0.348. The lowest BCUT2D eigenvalue weighted by atomic mass is 9.73. The number of halogens is 1. The maximum atomic E-state index is 13.1. The first-order chi connectivity index (χ1) is 13.6. The van der Waals surface area contributed by atoms with E-state index in [2.05, 4.69) is 35.2 Å². The molecule has 1 amide bonds. The van der Waals surface area contributed by atoms with E-state index in [4.69, 9.17) is 0 Å². The standard InChI is InChI=1S/C23H25FN2O2/c1-2-3-16-4-8-18(9-5-16)23-20-13-25(12-17-6-10-19(24)11-7-17)14-22(28)26(20)21(23)15-27/h2-11,20-21,23,27H,12-15H2,1H3/b3-2+/t20-,21+,23-/m1/s1. The van der Waals surface area contributed by atoms with Crippen LogP contribution in [0, 0.1) is 5.82 Å². The van der Waals surface area contributed by atoms with Crippen LogP contribution in [0.5, 0.6) is 0 Å². The second kappa shape index (κ2) is 7.86. The van der Waals surface area contributed by atoms with Crippen molar-refractivity contribution in [3.63, 3.8) is 0 Å². The van der Waals surface area contributed by atoms with Gasteiger partial charge in [0, 0.05) is 19.0 Å². The van der Waals surface area contributed by atoms with E-state index in [1.165, 1.54) is 12.1 Å². The van der Waals surface area contributed by atoms with E-state index in [0.29, 0.717) is 13.1 Å². The molecule has 2 aromatic carbocycles. The van der Waals surface area contributed by atoms with E-state index in [1.54, 1.807) is 12.1 Å². The second-order valence-corrected chi connectivity index (χ2v) is 7.61. The summed E-state index contributed by atoms with van der Waals surface area (Å²) < 4.78 is 13.1. The summed E-state index contributed by atoms with van der Waals surface area (Å²) >= 11 is 0. The number of aliphatic hydroxyl groups excluding tert-OH is 1. The highest BCUT2D eigenvalue weighted by Gasteiger charge is 2.53. The Bertz CT molecular complexity index is 863. The first-order valence-electron chi connectivity index (χ1n) is 9.72. The molecular weight excluding hydrogens is 355 g/mol. The topological polar surface area (TPSA) is 43.8 Å².